The molecule has 100 valence electrons. The lowest BCUT2D eigenvalue weighted by atomic mass is 10.0. The van der Waals surface area contributed by atoms with Gasteiger partial charge in [0.15, 0.2) is 0 Å². The molecule has 1 nitrogen and oxygen atoms in total. The predicted octanol–water partition coefficient (Wildman–Crippen LogP) is 3.96. The molecule has 1 atom stereocenters. The first-order valence-corrected chi connectivity index (χ1v) is 7.08. The Morgan fingerprint density at radius 3 is 2.37 bits per heavy atom. The van der Waals surface area contributed by atoms with Gasteiger partial charge in [-0.2, -0.15) is 0 Å². The topological polar surface area (TPSA) is 20.2 Å². The molecule has 2 rings (SSSR count). The van der Waals surface area contributed by atoms with Gasteiger partial charge >= 0.3 is 0 Å². The minimum Gasteiger partial charge on any atom is -0.388 e. The van der Waals surface area contributed by atoms with Crippen molar-refractivity contribution in [2.75, 3.05) is 6.26 Å². The SMILES string of the molecule is CSc1ccccc1C(O)Cc1cc(F)cc(F)c1. The van der Waals surface area contributed by atoms with Gasteiger partial charge in [0, 0.05) is 17.4 Å². The molecule has 4 heteroatoms. The van der Waals surface area contributed by atoms with Crippen LogP contribution in [0.25, 0.3) is 0 Å². The van der Waals surface area contributed by atoms with Crippen LogP contribution in [0.4, 0.5) is 8.78 Å². The average molecular weight is 280 g/mol. The summed E-state index contributed by atoms with van der Waals surface area (Å²) in [6.07, 6.45) is 1.34. The molecule has 1 unspecified atom stereocenters. The molecule has 0 aliphatic carbocycles. The lowest BCUT2D eigenvalue weighted by Gasteiger charge is -2.14. The van der Waals surface area contributed by atoms with Gasteiger partial charge in [-0.05, 0) is 35.6 Å². The molecule has 0 bridgehead atoms. The molecule has 0 heterocycles. The van der Waals surface area contributed by atoms with Crippen LogP contribution < -0.4 is 0 Å². The summed E-state index contributed by atoms with van der Waals surface area (Å²) >= 11 is 1.53. The molecule has 0 aliphatic heterocycles. The second-order valence-electron chi connectivity index (χ2n) is 4.24. The van der Waals surface area contributed by atoms with Gasteiger partial charge in [0.1, 0.15) is 11.6 Å². The largest absolute Gasteiger partial charge is 0.388 e. The standard InChI is InChI=1S/C15H14F2OS/c1-19-15-5-3-2-4-13(15)14(18)8-10-6-11(16)9-12(17)7-10/h2-7,9,14,18H,8H2,1H3. The Kier molecular flexibility index (Phi) is 4.56. The number of benzene rings is 2. The Morgan fingerprint density at radius 2 is 1.74 bits per heavy atom. The van der Waals surface area contributed by atoms with Crippen LogP contribution in [-0.2, 0) is 6.42 Å². The summed E-state index contributed by atoms with van der Waals surface area (Å²) in [7, 11) is 0. The summed E-state index contributed by atoms with van der Waals surface area (Å²) in [5.41, 5.74) is 1.22. The average Bonchev–Trinajstić information content (AvgIpc) is 2.37. The van der Waals surface area contributed by atoms with Crippen molar-refractivity contribution in [1.82, 2.24) is 0 Å². The van der Waals surface area contributed by atoms with Crippen molar-refractivity contribution in [3.8, 4) is 0 Å². The van der Waals surface area contributed by atoms with E-state index in [2.05, 4.69) is 0 Å². The first-order valence-electron chi connectivity index (χ1n) is 5.86. The van der Waals surface area contributed by atoms with Crippen molar-refractivity contribution < 1.29 is 13.9 Å². The Morgan fingerprint density at radius 1 is 1.11 bits per heavy atom. The highest BCUT2D eigenvalue weighted by molar-refractivity contribution is 7.98. The third-order valence-electron chi connectivity index (χ3n) is 2.85. The van der Waals surface area contributed by atoms with E-state index in [-0.39, 0.29) is 6.42 Å². The van der Waals surface area contributed by atoms with Gasteiger partial charge in [0.2, 0.25) is 0 Å². The summed E-state index contributed by atoms with van der Waals surface area (Å²) in [6.45, 7) is 0. The minimum atomic E-state index is -0.773. The molecule has 0 saturated heterocycles. The van der Waals surface area contributed by atoms with Crippen LogP contribution in [0.3, 0.4) is 0 Å². The maximum Gasteiger partial charge on any atom is 0.126 e. The fourth-order valence-corrected chi connectivity index (χ4v) is 2.66. The summed E-state index contributed by atoms with van der Waals surface area (Å²) in [5.74, 6) is -1.25. The molecule has 19 heavy (non-hydrogen) atoms. The van der Waals surface area contributed by atoms with E-state index in [1.54, 1.807) is 0 Å². The van der Waals surface area contributed by atoms with Gasteiger partial charge in [-0.3, -0.25) is 0 Å². The highest BCUT2D eigenvalue weighted by atomic mass is 32.2. The number of halogens is 2. The van der Waals surface area contributed by atoms with Crippen LogP contribution in [0.15, 0.2) is 47.4 Å². The van der Waals surface area contributed by atoms with Gasteiger partial charge in [0.05, 0.1) is 6.10 Å². The molecule has 0 radical (unpaired) electrons. The number of thioether (sulfide) groups is 1. The van der Waals surface area contributed by atoms with Crippen LogP contribution in [0.2, 0.25) is 0 Å². The summed E-state index contributed by atoms with van der Waals surface area (Å²) in [4.78, 5) is 0.965. The molecule has 2 aromatic carbocycles. The van der Waals surface area contributed by atoms with Crippen LogP contribution >= 0.6 is 11.8 Å². The van der Waals surface area contributed by atoms with E-state index in [1.165, 1.54) is 23.9 Å². The molecule has 0 fully saturated rings. The molecule has 0 spiro atoms. The molecular formula is C15H14F2OS. The normalized spacial score (nSPS) is 12.4. The Hall–Kier alpha value is -1.39. The van der Waals surface area contributed by atoms with E-state index in [0.717, 1.165) is 16.5 Å². The lowest BCUT2D eigenvalue weighted by molar-refractivity contribution is 0.175. The van der Waals surface area contributed by atoms with Crippen LogP contribution in [0.5, 0.6) is 0 Å². The zero-order valence-corrected chi connectivity index (χ0v) is 11.3. The molecule has 0 saturated carbocycles. The first kappa shape index (κ1) is 14.0. The van der Waals surface area contributed by atoms with E-state index in [9.17, 15) is 13.9 Å². The van der Waals surface area contributed by atoms with Crippen molar-refractivity contribution in [1.29, 1.82) is 0 Å². The Labute approximate surface area is 115 Å². The minimum absolute atomic E-state index is 0.187. The van der Waals surface area contributed by atoms with E-state index in [0.29, 0.717) is 5.56 Å². The quantitative estimate of drug-likeness (QED) is 0.855. The highest BCUT2D eigenvalue weighted by Crippen LogP contribution is 2.28. The molecule has 0 aliphatic rings. The van der Waals surface area contributed by atoms with Crippen molar-refractivity contribution in [3.63, 3.8) is 0 Å². The third kappa shape index (κ3) is 3.55. The van der Waals surface area contributed by atoms with E-state index in [1.807, 2.05) is 30.5 Å². The third-order valence-corrected chi connectivity index (χ3v) is 3.66. The van der Waals surface area contributed by atoms with Crippen LogP contribution in [-0.4, -0.2) is 11.4 Å². The van der Waals surface area contributed by atoms with Crippen molar-refractivity contribution in [2.45, 2.75) is 17.4 Å². The number of hydrogen-bond acceptors (Lipinski definition) is 2. The molecule has 0 aromatic heterocycles. The lowest BCUT2D eigenvalue weighted by Crippen LogP contribution is -2.04. The molecule has 0 amide bonds. The van der Waals surface area contributed by atoms with Gasteiger partial charge in [-0.15, -0.1) is 11.8 Å². The van der Waals surface area contributed by atoms with Crippen LogP contribution in [0, 0.1) is 11.6 Å². The Balaban J connectivity index is 2.22. The van der Waals surface area contributed by atoms with E-state index in [4.69, 9.17) is 0 Å². The fraction of sp³-hybridized carbons (Fsp3) is 0.200. The Bertz CT molecular complexity index is 552. The molecule has 2 aromatic rings. The smallest absolute Gasteiger partial charge is 0.126 e. The van der Waals surface area contributed by atoms with E-state index < -0.39 is 17.7 Å². The van der Waals surface area contributed by atoms with Gasteiger partial charge in [-0.1, -0.05) is 18.2 Å². The van der Waals surface area contributed by atoms with Gasteiger partial charge < -0.3 is 5.11 Å². The maximum absolute atomic E-state index is 13.1. The molecular weight excluding hydrogens is 266 g/mol. The number of hydrogen-bond donors (Lipinski definition) is 1. The highest BCUT2D eigenvalue weighted by Gasteiger charge is 2.13. The summed E-state index contributed by atoms with van der Waals surface area (Å²) in [6, 6.07) is 10.8. The molecule has 1 N–H and O–H groups in total. The van der Waals surface area contributed by atoms with Gasteiger partial charge in [0.25, 0.3) is 0 Å². The monoisotopic (exact) mass is 280 g/mol. The van der Waals surface area contributed by atoms with Gasteiger partial charge in [-0.25, -0.2) is 8.78 Å². The predicted molar refractivity (Wildman–Crippen MR) is 73.2 cm³/mol. The van der Waals surface area contributed by atoms with Crippen molar-refractivity contribution in [3.05, 3.63) is 65.2 Å². The summed E-state index contributed by atoms with van der Waals surface area (Å²) in [5, 5.41) is 10.2. The van der Waals surface area contributed by atoms with E-state index >= 15 is 0 Å². The second-order valence-corrected chi connectivity index (χ2v) is 5.09. The van der Waals surface area contributed by atoms with Crippen molar-refractivity contribution in [2.24, 2.45) is 0 Å². The number of aliphatic hydroxyl groups is 1. The second kappa shape index (κ2) is 6.17. The summed E-state index contributed by atoms with van der Waals surface area (Å²) < 4.78 is 26.2. The first-order chi connectivity index (χ1) is 9.10. The number of rotatable bonds is 4. The van der Waals surface area contributed by atoms with Crippen molar-refractivity contribution >= 4 is 11.8 Å². The number of aliphatic hydroxyl groups excluding tert-OH is 1. The maximum atomic E-state index is 13.1. The van der Waals surface area contributed by atoms with Crippen LogP contribution in [0.1, 0.15) is 17.2 Å². The zero-order chi connectivity index (χ0) is 13.8. The fourth-order valence-electron chi connectivity index (χ4n) is 2.00. The zero-order valence-electron chi connectivity index (χ0n) is 10.4.